The Morgan fingerprint density at radius 2 is 2.10 bits per heavy atom. The molecule has 1 unspecified atom stereocenters. The molecule has 10 heavy (non-hydrogen) atoms. The van der Waals surface area contributed by atoms with E-state index in [0.29, 0.717) is 0 Å². The van der Waals surface area contributed by atoms with E-state index in [0.717, 1.165) is 10.5 Å². The fourth-order valence-corrected chi connectivity index (χ4v) is 1.43. The van der Waals surface area contributed by atoms with Crippen LogP contribution in [0.1, 0.15) is 33.1 Å². The van der Waals surface area contributed by atoms with E-state index in [1.807, 2.05) is 0 Å². The van der Waals surface area contributed by atoms with Crippen LogP contribution in [0, 0.1) is 5.92 Å². The van der Waals surface area contributed by atoms with Gasteiger partial charge in [0, 0.05) is 4.55 Å². The van der Waals surface area contributed by atoms with Crippen LogP contribution in [0.4, 0.5) is 0 Å². The SMILES string of the molecule is CCCC(C)CCNCI. The zero-order valence-corrected chi connectivity index (χ0v) is 9.15. The highest BCUT2D eigenvalue weighted by Crippen LogP contribution is 2.08. The Kier molecular flexibility index (Phi) is 8.33. The maximum absolute atomic E-state index is 3.32. The first kappa shape index (κ1) is 10.7. The number of rotatable bonds is 6. The molecule has 0 aromatic carbocycles. The molecule has 62 valence electrons. The predicted molar refractivity (Wildman–Crippen MR) is 55.6 cm³/mol. The summed E-state index contributed by atoms with van der Waals surface area (Å²) in [6.45, 7) is 5.77. The van der Waals surface area contributed by atoms with Gasteiger partial charge in [-0.15, -0.1) is 0 Å². The first-order valence-electron chi connectivity index (χ1n) is 4.08. The van der Waals surface area contributed by atoms with E-state index >= 15 is 0 Å². The van der Waals surface area contributed by atoms with Crippen molar-refractivity contribution in [2.75, 3.05) is 11.1 Å². The monoisotopic (exact) mass is 255 g/mol. The second kappa shape index (κ2) is 7.79. The van der Waals surface area contributed by atoms with Crippen molar-refractivity contribution in [3.8, 4) is 0 Å². The summed E-state index contributed by atoms with van der Waals surface area (Å²) < 4.78 is 1.08. The molecule has 0 amide bonds. The van der Waals surface area contributed by atoms with E-state index in [1.165, 1.54) is 25.8 Å². The molecule has 0 fully saturated rings. The fourth-order valence-electron chi connectivity index (χ4n) is 1.05. The molecule has 1 nitrogen and oxygen atoms in total. The molecule has 2 heteroatoms. The zero-order chi connectivity index (χ0) is 7.82. The van der Waals surface area contributed by atoms with Gasteiger partial charge in [0.25, 0.3) is 0 Å². The minimum atomic E-state index is 0.903. The molecule has 0 bridgehead atoms. The van der Waals surface area contributed by atoms with Crippen molar-refractivity contribution in [3.63, 3.8) is 0 Å². The number of alkyl halides is 1. The molecule has 0 aliphatic heterocycles. The molecule has 0 radical (unpaired) electrons. The summed E-state index contributed by atoms with van der Waals surface area (Å²) in [5.41, 5.74) is 0. The van der Waals surface area contributed by atoms with Crippen LogP contribution in [0.3, 0.4) is 0 Å². The van der Waals surface area contributed by atoms with Crippen molar-refractivity contribution in [2.24, 2.45) is 5.92 Å². The molecule has 0 rings (SSSR count). The average molecular weight is 255 g/mol. The smallest absolute Gasteiger partial charge is 0.0479 e. The van der Waals surface area contributed by atoms with E-state index < -0.39 is 0 Å². The van der Waals surface area contributed by atoms with Gasteiger partial charge in [-0.3, -0.25) is 0 Å². The van der Waals surface area contributed by atoms with Crippen LogP contribution in [0.25, 0.3) is 0 Å². The quantitative estimate of drug-likeness (QED) is 0.333. The highest BCUT2D eigenvalue weighted by molar-refractivity contribution is 14.1. The van der Waals surface area contributed by atoms with E-state index in [1.54, 1.807) is 0 Å². The Morgan fingerprint density at radius 1 is 1.40 bits per heavy atom. The minimum absolute atomic E-state index is 0.903. The van der Waals surface area contributed by atoms with E-state index in [9.17, 15) is 0 Å². The van der Waals surface area contributed by atoms with Crippen LogP contribution in [-0.2, 0) is 0 Å². The number of hydrogen-bond acceptors (Lipinski definition) is 1. The number of halogens is 1. The standard InChI is InChI=1S/C8H18IN/c1-3-4-8(2)5-6-10-7-9/h8,10H,3-7H2,1-2H3. The summed E-state index contributed by atoms with van der Waals surface area (Å²) in [4.78, 5) is 0. The summed E-state index contributed by atoms with van der Waals surface area (Å²) in [5.74, 6) is 0.903. The molecule has 0 saturated carbocycles. The molecule has 0 aliphatic carbocycles. The van der Waals surface area contributed by atoms with Crippen LogP contribution in [-0.4, -0.2) is 11.1 Å². The lowest BCUT2D eigenvalue weighted by Crippen LogP contribution is -2.14. The van der Waals surface area contributed by atoms with Crippen molar-refractivity contribution in [3.05, 3.63) is 0 Å². The van der Waals surface area contributed by atoms with Gasteiger partial charge >= 0.3 is 0 Å². The van der Waals surface area contributed by atoms with Gasteiger partial charge in [-0.05, 0) is 18.9 Å². The van der Waals surface area contributed by atoms with E-state index in [4.69, 9.17) is 0 Å². The second-order valence-corrected chi connectivity index (χ2v) is 3.58. The van der Waals surface area contributed by atoms with E-state index in [2.05, 4.69) is 41.8 Å². The Balaban J connectivity index is 2.97. The summed E-state index contributed by atoms with van der Waals surface area (Å²) >= 11 is 2.34. The van der Waals surface area contributed by atoms with Gasteiger partial charge in [0.15, 0.2) is 0 Å². The lowest BCUT2D eigenvalue weighted by atomic mass is 10.0. The fraction of sp³-hybridized carbons (Fsp3) is 1.00. The maximum atomic E-state index is 3.32. The Bertz CT molecular complexity index is 66.3. The van der Waals surface area contributed by atoms with Crippen molar-refractivity contribution in [2.45, 2.75) is 33.1 Å². The van der Waals surface area contributed by atoms with Crippen molar-refractivity contribution >= 4 is 22.6 Å². The average Bonchev–Trinajstić information content (AvgIpc) is 1.89. The van der Waals surface area contributed by atoms with Crippen LogP contribution in [0.2, 0.25) is 0 Å². The molecule has 0 aliphatic rings. The van der Waals surface area contributed by atoms with Crippen LogP contribution >= 0.6 is 22.6 Å². The third kappa shape index (κ3) is 6.81. The largest absolute Gasteiger partial charge is 0.308 e. The topological polar surface area (TPSA) is 12.0 Å². The molecule has 0 spiro atoms. The summed E-state index contributed by atoms with van der Waals surface area (Å²) in [6.07, 6.45) is 4.03. The van der Waals surface area contributed by atoms with Gasteiger partial charge in [0.1, 0.15) is 0 Å². The molecule has 0 heterocycles. The second-order valence-electron chi connectivity index (χ2n) is 2.82. The summed E-state index contributed by atoms with van der Waals surface area (Å²) in [7, 11) is 0. The van der Waals surface area contributed by atoms with Crippen molar-refractivity contribution in [1.82, 2.24) is 5.32 Å². The van der Waals surface area contributed by atoms with E-state index in [-0.39, 0.29) is 0 Å². The molecule has 0 aromatic heterocycles. The Morgan fingerprint density at radius 3 is 2.60 bits per heavy atom. The minimum Gasteiger partial charge on any atom is -0.308 e. The van der Waals surface area contributed by atoms with Crippen LogP contribution in [0.15, 0.2) is 0 Å². The van der Waals surface area contributed by atoms with Crippen LogP contribution < -0.4 is 5.32 Å². The lowest BCUT2D eigenvalue weighted by Gasteiger charge is -2.08. The third-order valence-corrected chi connectivity index (χ3v) is 2.23. The molecule has 1 N–H and O–H groups in total. The third-order valence-electron chi connectivity index (χ3n) is 1.69. The van der Waals surface area contributed by atoms with Gasteiger partial charge in [-0.1, -0.05) is 49.3 Å². The first-order chi connectivity index (χ1) is 4.81. The summed E-state index contributed by atoms with van der Waals surface area (Å²) in [5, 5.41) is 3.32. The lowest BCUT2D eigenvalue weighted by molar-refractivity contribution is 0.475. The number of hydrogen-bond donors (Lipinski definition) is 1. The van der Waals surface area contributed by atoms with Gasteiger partial charge in [0.05, 0.1) is 0 Å². The summed E-state index contributed by atoms with van der Waals surface area (Å²) in [6, 6.07) is 0. The normalized spacial score (nSPS) is 13.5. The van der Waals surface area contributed by atoms with Gasteiger partial charge in [-0.2, -0.15) is 0 Å². The van der Waals surface area contributed by atoms with Gasteiger partial charge in [-0.25, -0.2) is 0 Å². The van der Waals surface area contributed by atoms with Gasteiger partial charge in [0.2, 0.25) is 0 Å². The first-order valence-corrected chi connectivity index (χ1v) is 5.60. The van der Waals surface area contributed by atoms with Crippen molar-refractivity contribution in [1.29, 1.82) is 0 Å². The van der Waals surface area contributed by atoms with Gasteiger partial charge < -0.3 is 5.32 Å². The van der Waals surface area contributed by atoms with Crippen molar-refractivity contribution < 1.29 is 0 Å². The maximum Gasteiger partial charge on any atom is 0.0479 e. The highest BCUT2D eigenvalue weighted by Gasteiger charge is 1.98. The molecule has 0 saturated heterocycles. The predicted octanol–water partition coefficient (Wildman–Crippen LogP) is 2.79. The molecule has 0 aromatic rings. The Hall–Kier alpha value is 0.690. The molecular weight excluding hydrogens is 237 g/mol. The highest BCUT2D eigenvalue weighted by atomic mass is 127. The number of nitrogens with one attached hydrogen (secondary N) is 1. The molecular formula is C8H18IN. The van der Waals surface area contributed by atoms with Crippen LogP contribution in [0.5, 0.6) is 0 Å². The molecule has 1 atom stereocenters. The zero-order valence-electron chi connectivity index (χ0n) is 6.99. The Labute approximate surface area is 78.1 Å².